The lowest BCUT2D eigenvalue weighted by Crippen LogP contribution is -2.52. The van der Waals surface area contributed by atoms with Gasteiger partial charge in [-0.3, -0.25) is 9.59 Å². The van der Waals surface area contributed by atoms with Crippen LogP contribution in [0, 0.1) is 11.3 Å². The highest BCUT2D eigenvalue weighted by molar-refractivity contribution is 5.97. The number of fused-ring (bicyclic) bond motifs is 4. The van der Waals surface area contributed by atoms with E-state index < -0.39 is 6.04 Å². The second-order valence-corrected chi connectivity index (χ2v) is 7.51. The zero-order valence-corrected chi connectivity index (χ0v) is 16.2. The lowest BCUT2D eigenvalue weighted by atomic mass is 10.0. The fourth-order valence-electron chi connectivity index (χ4n) is 4.16. The summed E-state index contributed by atoms with van der Waals surface area (Å²) in [5, 5.41) is 8.93. The monoisotopic (exact) mass is 368 g/mol. The van der Waals surface area contributed by atoms with Crippen molar-refractivity contribution in [2.24, 2.45) is 0 Å². The number of likely N-dealkylation sites (N-methyl/N-ethyl adjacent to an activating group) is 1. The normalized spacial score (nSPS) is 22.6. The molecule has 3 aliphatic heterocycles. The fraction of sp³-hybridized carbons (Fsp3) is 0.571. The highest BCUT2D eigenvalue weighted by Gasteiger charge is 2.37. The molecule has 2 amide bonds. The molecule has 6 nitrogen and oxygen atoms in total. The molecule has 2 bridgehead atoms. The molecule has 0 N–H and O–H groups in total. The quantitative estimate of drug-likeness (QED) is 0.798. The first kappa shape index (κ1) is 19.4. The number of carbonyl (C=O) groups excluding carboxylic acids is 2. The van der Waals surface area contributed by atoms with Gasteiger partial charge < -0.3 is 14.7 Å². The molecule has 144 valence electrons. The van der Waals surface area contributed by atoms with Crippen molar-refractivity contribution in [3.8, 4) is 6.07 Å². The summed E-state index contributed by atoms with van der Waals surface area (Å²) in [4.78, 5) is 32.3. The molecule has 0 radical (unpaired) electrons. The first-order valence-electron chi connectivity index (χ1n) is 9.85. The van der Waals surface area contributed by atoms with Crippen molar-refractivity contribution in [1.29, 1.82) is 5.26 Å². The predicted molar refractivity (Wildman–Crippen MR) is 103 cm³/mol. The Morgan fingerprint density at radius 2 is 1.85 bits per heavy atom. The Bertz CT molecular complexity index is 717. The van der Waals surface area contributed by atoms with E-state index in [2.05, 4.69) is 11.0 Å². The molecular formula is C21H28N4O2. The highest BCUT2D eigenvalue weighted by atomic mass is 16.2. The van der Waals surface area contributed by atoms with E-state index in [9.17, 15) is 9.59 Å². The van der Waals surface area contributed by atoms with Crippen molar-refractivity contribution in [1.82, 2.24) is 14.7 Å². The molecule has 4 rings (SSSR count). The van der Waals surface area contributed by atoms with Crippen LogP contribution in [-0.4, -0.2) is 71.8 Å². The molecule has 1 aromatic carbocycles. The van der Waals surface area contributed by atoms with Crippen LogP contribution in [0.4, 0.5) is 0 Å². The third-order valence-electron chi connectivity index (χ3n) is 5.83. The van der Waals surface area contributed by atoms with Crippen LogP contribution in [0.2, 0.25) is 0 Å². The number of amides is 2. The van der Waals surface area contributed by atoms with Crippen LogP contribution in [0.3, 0.4) is 0 Å². The maximum atomic E-state index is 13.4. The Morgan fingerprint density at radius 3 is 2.44 bits per heavy atom. The summed E-state index contributed by atoms with van der Waals surface area (Å²) >= 11 is 0. The Kier molecular flexibility index (Phi) is 6.12. The molecule has 3 fully saturated rings. The Balaban J connectivity index is 1.77. The number of hydrogen-bond acceptors (Lipinski definition) is 4. The van der Waals surface area contributed by atoms with E-state index >= 15 is 0 Å². The molecule has 3 saturated heterocycles. The zero-order chi connectivity index (χ0) is 19.4. The van der Waals surface area contributed by atoms with Gasteiger partial charge in [-0.1, -0.05) is 13.3 Å². The number of nitrogens with zero attached hydrogens (tertiary/aromatic N) is 4. The molecule has 0 aromatic heterocycles. The highest BCUT2D eigenvalue weighted by Crippen LogP contribution is 2.23. The molecule has 0 spiro atoms. The fourth-order valence-corrected chi connectivity index (χ4v) is 4.16. The van der Waals surface area contributed by atoms with E-state index in [1.165, 1.54) is 0 Å². The van der Waals surface area contributed by atoms with Crippen LogP contribution in [-0.2, 0) is 4.79 Å². The van der Waals surface area contributed by atoms with Gasteiger partial charge in [0.25, 0.3) is 5.91 Å². The molecule has 6 heteroatoms. The number of hydrogen-bond donors (Lipinski definition) is 0. The van der Waals surface area contributed by atoms with Crippen LogP contribution in [0.5, 0.6) is 0 Å². The molecule has 1 aromatic rings. The Hall–Kier alpha value is -2.39. The van der Waals surface area contributed by atoms with Gasteiger partial charge in [-0.05, 0) is 43.5 Å². The number of benzene rings is 1. The van der Waals surface area contributed by atoms with Gasteiger partial charge in [0.1, 0.15) is 6.04 Å². The molecule has 27 heavy (non-hydrogen) atoms. The first-order chi connectivity index (χ1) is 13.0. The second kappa shape index (κ2) is 8.53. The summed E-state index contributed by atoms with van der Waals surface area (Å²) in [6, 6.07) is 8.51. The number of carbonyl (C=O) groups is 2. The third kappa shape index (κ3) is 4.14. The van der Waals surface area contributed by atoms with Gasteiger partial charge in [0.15, 0.2) is 0 Å². The SMILES string of the molecule is CCC[C@@H](C(=O)N1CCN2CCC1CC2)N(C)C(=O)c1ccc(C#N)cc1. The van der Waals surface area contributed by atoms with Crippen molar-refractivity contribution >= 4 is 11.8 Å². The lowest BCUT2D eigenvalue weighted by molar-refractivity contribution is -0.138. The van der Waals surface area contributed by atoms with Gasteiger partial charge >= 0.3 is 0 Å². The molecule has 3 heterocycles. The largest absolute Gasteiger partial charge is 0.337 e. The van der Waals surface area contributed by atoms with Crippen molar-refractivity contribution in [2.45, 2.75) is 44.7 Å². The van der Waals surface area contributed by atoms with Crippen LogP contribution in [0.25, 0.3) is 0 Å². The summed E-state index contributed by atoms with van der Waals surface area (Å²) in [6.07, 6.45) is 3.55. The van der Waals surface area contributed by atoms with Crippen molar-refractivity contribution in [3.63, 3.8) is 0 Å². The van der Waals surface area contributed by atoms with Gasteiger partial charge in [0.2, 0.25) is 5.91 Å². The minimum absolute atomic E-state index is 0.0788. The summed E-state index contributed by atoms with van der Waals surface area (Å²) in [7, 11) is 1.72. The van der Waals surface area contributed by atoms with E-state index in [0.717, 1.165) is 45.4 Å². The third-order valence-corrected chi connectivity index (χ3v) is 5.83. The average Bonchev–Trinajstić information content (AvgIpc) is 3.04. The molecule has 0 unspecified atom stereocenters. The summed E-state index contributed by atoms with van der Waals surface area (Å²) < 4.78 is 0. The maximum absolute atomic E-state index is 13.4. The lowest BCUT2D eigenvalue weighted by Gasteiger charge is -2.36. The Morgan fingerprint density at radius 1 is 1.19 bits per heavy atom. The van der Waals surface area contributed by atoms with Crippen LogP contribution in [0.1, 0.15) is 48.5 Å². The second-order valence-electron chi connectivity index (χ2n) is 7.51. The van der Waals surface area contributed by atoms with Crippen LogP contribution in [0.15, 0.2) is 24.3 Å². The van der Waals surface area contributed by atoms with Crippen molar-refractivity contribution < 1.29 is 9.59 Å². The molecule has 1 atom stereocenters. The Labute approximate surface area is 161 Å². The number of rotatable bonds is 5. The molecule has 0 aliphatic carbocycles. The minimum atomic E-state index is -0.440. The van der Waals surface area contributed by atoms with Gasteiger partial charge in [0, 0.05) is 44.8 Å². The maximum Gasteiger partial charge on any atom is 0.254 e. The summed E-state index contributed by atoms with van der Waals surface area (Å²) in [6.45, 7) is 5.84. The standard InChI is InChI=1S/C21H28N4O2/c1-3-4-19(21(27)25-14-13-24-11-9-18(25)10-12-24)23(2)20(26)17-7-5-16(15-22)6-8-17/h5-8,18-19H,3-4,9-14H2,1-2H3/t19-/m0/s1. The van der Waals surface area contributed by atoms with E-state index in [4.69, 9.17) is 5.26 Å². The smallest absolute Gasteiger partial charge is 0.254 e. The van der Waals surface area contributed by atoms with E-state index in [-0.39, 0.29) is 11.8 Å². The van der Waals surface area contributed by atoms with Crippen LogP contribution >= 0.6 is 0 Å². The van der Waals surface area contributed by atoms with E-state index in [1.54, 1.807) is 36.2 Å². The van der Waals surface area contributed by atoms with Gasteiger partial charge in [-0.25, -0.2) is 0 Å². The predicted octanol–water partition coefficient (Wildman–Crippen LogP) is 2.11. The summed E-state index contributed by atoms with van der Waals surface area (Å²) in [5.74, 6) is -0.0933. The topological polar surface area (TPSA) is 67.7 Å². The molecule has 3 aliphatic rings. The first-order valence-corrected chi connectivity index (χ1v) is 9.85. The number of nitriles is 1. The summed E-state index contributed by atoms with van der Waals surface area (Å²) in [5.41, 5.74) is 1.03. The van der Waals surface area contributed by atoms with Gasteiger partial charge in [-0.2, -0.15) is 5.26 Å². The van der Waals surface area contributed by atoms with Crippen molar-refractivity contribution in [2.75, 3.05) is 33.2 Å². The van der Waals surface area contributed by atoms with E-state index in [0.29, 0.717) is 23.6 Å². The number of piperidine rings is 1. The van der Waals surface area contributed by atoms with Crippen LogP contribution < -0.4 is 0 Å². The van der Waals surface area contributed by atoms with Gasteiger partial charge in [0.05, 0.1) is 11.6 Å². The molecule has 0 saturated carbocycles. The van der Waals surface area contributed by atoms with E-state index in [1.807, 2.05) is 11.8 Å². The van der Waals surface area contributed by atoms with Crippen molar-refractivity contribution in [3.05, 3.63) is 35.4 Å². The minimum Gasteiger partial charge on any atom is -0.337 e. The molecular weight excluding hydrogens is 340 g/mol. The van der Waals surface area contributed by atoms with Gasteiger partial charge in [-0.15, -0.1) is 0 Å². The average molecular weight is 368 g/mol. The zero-order valence-electron chi connectivity index (χ0n) is 16.2.